The number of nitrogens with zero attached hydrogens (tertiary/aromatic N) is 2. The zero-order valence-corrected chi connectivity index (χ0v) is 9.82. The minimum Gasteiger partial charge on any atom is -0.379 e. The van der Waals surface area contributed by atoms with E-state index in [1.54, 1.807) is 0 Å². The molecule has 1 aromatic rings. The number of anilines is 1. The second-order valence-corrected chi connectivity index (χ2v) is 4.09. The standard InChI is InChI=1S/C10H8BrN3O2/c1-7(11)6-13-10-3-2-9(14(15)16)4-8(10)5-12/h2-4,13H,1,6H2. The number of nitro groups is 1. The molecule has 0 spiro atoms. The molecule has 6 heteroatoms. The number of nitrogens with one attached hydrogen (secondary N) is 1. The summed E-state index contributed by atoms with van der Waals surface area (Å²) in [5.41, 5.74) is 0.691. The molecule has 0 heterocycles. The topological polar surface area (TPSA) is 79.0 Å². The normalized spacial score (nSPS) is 9.25. The van der Waals surface area contributed by atoms with Crippen LogP contribution in [0.1, 0.15) is 5.56 Å². The second-order valence-electron chi connectivity index (χ2n) is 2.97. The van der Waals surface area contributed by atoms with Crippen molar-refractivity contribution in [1.29, 1.82) is 5.26 Å². The number of non-ortho nitro benzene ring substituents is 1. The van der Waals surface area contributed by atoms with Crippen molar-refractivity contribution in [2.75, 3.05) is 11.9 Å². The number of benzene rings is 1. The molecule has 1 rings (SSSR count). The summed E-state index contributed by atoms with van der Waals surface area (Å²) in [6, 6.07) is 5.99. The molecule has 16 heavy (non-hydrogen) atoms. The first-order chi connectivity index (χ1) is 7.54. The Morgan fingerprint density at radius 1 is 1.69 bits per heavy atom. The summed E-state index contributed by atoms with van der Waals surface area (Å²) in [5, 5.41) is 22.3. The number of nitriles is 1. The molecule has 0 aliphatic rings. The molecule has 1 aromatic carbocycles. The summed E-state index contributed by atoms with van der Waals surface area (Å²) >= 11 is 3.17. The van der Waals surface area contributed by atoms with Crippen LogP contribution in [-0.4, -0.2) is 11.5 Å². The smallest absolute Gasteiger partial charge is 0.270 e. The molecule has 0 unspecified atom stereocenters. The lowest BCUT2D eigenvalue weighted by atomic mass is 10.1. The van der Waals surface area contributed by atoms with Crippen molar-refractivity contribution in [1.82, 2.24) is 0 Å². The Labute approximate surface area is 101 Å². The molecule has 0 bridgehead atoms. The Balaban J connectivity index is 2.99. The molecule has 0 fully saturated rings. The number of nitro benzene ring substituents is 1. The number of rotatable bonds is 4. The van der Waals surface area contributed by atoms with Crippen LogP contribution < -0.4 is 5.32 Å². The highest BCUT2D eigenvalue weighted by atomic mass is 79.9. The van der Waals surface area contributed by atoms with E-state index in [1.165, 1.54) is 18.2 Å². The highest BCUT2D eigenvalue weighted by Gasteiger charge is 2.10. The Hall–Kier alpha value is -1.87. The first-order valence-corrected chi connectivity index (χ1v) is 5.09. The van der Waals surface area contributed by atoms with E-state index in [2.05, 4.69) is 27.8 Å². The van der Waals surface area contributed by atoms with Gasteiger partial charge in [0.2, 0.25) is 0 Å². The van der Waals surface area contributed by atoms with Crippen LogP contribution in [0.5, 0.6) is 0 Å². The highest BCUT2D eigenvalue weighted by Crippen LogP contribution is 2.21. The van der Waals surface area contributed by atoms with Gasteiger partial charge in [0.15, 0.2) is 0 Å². The highest BCUT2D eigenvalue weighted by molar-refractivity contribution is 9.11. The number of hydrogen-bond acceptors (Lipinski definition) is 4. The van der Waals surface area contributed by atoms with Gasteiger partial charge in [-0.3, -0.25) is 10.1 Å². The van der Waals surface area contributed by atoms with Crippen molar-refractivity contribution in [2.24, 2.45) is 0 Å². The van der Waals surface area contributed by atoms with Crippen molar-refractivity contribution in [3.8, 4) is 6.07 Å². The third kappa shape index (κ3) is 3.07. The molecule has 5 nitrogen and oxygen atoms in total. The van der Waals surface area contributed by atoms with Crippen LogP contribution in [0.15, 0.2) is 29.3 Å². The number of halogens is 1. The van der Waals surface area contributed by atoms with E-state index in [0.717, 1.165) is 4.48 Å². The van der Waals surface area contributed by atoms with E-state index < -0.39 is 4.92 Å². The van der Waals surface area contributed by atoms with Gasteiger partial charge in [0, 0.05) is 23.2 Å². The molecule has 1 N–H and O–H groups in total. The van der Waals surface area contributed by atoms with Gasteiger partial charge in [0.1, 0.15) is 6.07 Å². The quantitative estimate of drug-likeness (QED) is 0.680. The van der Waals surface area contributed by atoms with Crippen LogP contribution >= 0.6 is 15.9 Å². The van der Waals surface area contributed by atoms with Gasteiger partial charge < -0.3 is 5.32 Å². The van der Waals surface area contributed by atoms with Crippen LogP contribution in [-0.2, 0) is 0 Å². The van der Waals surface area contributed by atoms with Gasteiger partial charge in [-0.1, -0.05) is 22.5 Å². The largest absolute Gasteiger partial charge is 0.379 e. The molecule has 0 radical (unpaired) electrons. The van der Waals surface area contributed by atoms with Gasteiger partial charge in [-0.15, -0.1) is 0 Å². The first kappa shape index (κ1) is 12.2. The molecule has 0 atom stereocenters. The molecule has 0 aliphatic carbocycles. The van der Waals surface area contributed by atoms with Crippen molar-refractivity contribution >= 4 is 27.3 Å². The summed E-state index contributed by atoms with van der Waals surface area (Å²) in [4.78, 5) is 9.97. The molecule has 82 valence electrons. The van der Waals surface area contributed by atoms with Gasteiger partial charge >= 0.3 is 0 Å². The van der Waals surface area contributed by atoms with Crippen LogP contribution in [0.4, 0.5) is 11.4 Å². The molecule has 0 aliphatic heterocycles. The lowest BCUT2D eigenvalue weighted by Gasteiger charge is -2.06. The maximum Gasteiger partial charge on any atom is 0.270 e. The van der Waals surface area contributed by atoms with Gasteiger partial charge in [0.25, 0.3) is 5.69 Å². The Kier molecular flexibility index (Phi) is 4.03. The maximum absolute atomic E-state index is 10.5. The fourth-order valence-electron chi connectivity index (χ4n) is 1.08. The van der Waals surface area contributed by atoms with Gasteiger partial charge in [-0.2, -0.15) is 5.26 Å². The molecule has 0 aromatic heterocycles. The van der Waals surface area contributed by atoms with Gasteiger partial charge in [0.05, 0.1) is 16.2 Å². The molecule has 0 saturated heterocycles. The Morgan fingerprint density at radius 3 is 2.88 bits per heavy atom. The third-order valence-corrected chi connectivity index (χ3v) is 2.09. The predicted octanol–water partition coefficient (Wildman–Crippen LogP) is 2.79. The summed E-state index contributed by atoms with van der Waals surface area (Å²) in [5.74, 6) is 0. The van der Waals surface area contributed by atoms with Crippen molar-refractivity contribution < 1.29 is 4.92 Å². The van der Waals surface area contributed by atoms with E-state index in [1.807, 2.05) is 6.07 Å². The van der Waals surface area contributed by atoms with Crippen molar-refractivity contribution in [2.45, 2.75) is 0 Å². The summed E-state index contributed by atoms with van der Waals surface area (Å²) in [6.45, 7) is 4.09. The van der Waals surface area contributed by atoms with Crippen molar-refractivity contribution in [3.63, 3.8) is 0 Å². The van der Waals surface area contributed by atoms with E-state index in [-0.39, 0.29) is 11.3 Å². The molecular formula is C10H8BrN3O2. The summed E-state index contributed by atoms with van der Waals surface area (Å²) in [6.07, 6.45) is 0. The Morgan fingerprint density at radius 2 is 2.38 bits per heavy atom. The minimum absolute atomic E-state index is 0.0974. The predicted molar refractivity (Wildman–Crippen MR) is 64.4 cm³/mol. The maximum atomic E-state index is 10.5. The summed E-state index contributed by atoms with van der Waals surface area (Å²) < 4.78 is 0.731. The van der Waals surface area contributed by atoms with Crippen LogP contribution in [0.3, 0.4) is 0 Å². The van der Waals surface area contributed by atoms with E-state index >= 15 is 0 Å². The second kappa shape index (κ2) is 5.28. The van der Waals surface area contributed by atoms with Crippen LogP contribution in [0.25, 0.3) is 0 Å². The number of hydrogen-bond donors (Lipinski definition) is 1. The first-order valence-electron chi connectivity index (χ1n) is 4.30. The fourth-order valence-corrected chi connectivity index (χ4v) is 1.22. The average molecular weight is 282 g/mol. The Bertz CT molecular complexity index is 479. The van der Waals surface area contributed by atoms with Crippen molar-refractivity contribution in [3.05, 3.63) is 44.9 Å². The molecule has 0 amide bonds. The lowest BCUT2D eigenvalue weighted by Crippen LogP contribution is -2.03. The minimum atomic E-state index is -0.534. The van der Waals surface area contributed by atoms with E-state index in [4.69, 9.17) is 5.26 Å². The van der Waals surface area contributed by atoms with E-state index in [0.29, 0.717) is 12.2 Å². The van der Waals surface area contributed by atoms with E-state index in [9.17, 15) is 10.1 Å². The SMILES string of the molecule is C=C(Br)CNc1ccc([N+](=O)[O-])cc1C#N. The fraction of sp³-hybridized carbons (Fsp3) is 0.100. The van der Waals surface area contributed by atoms with Gasteiger partial charge in [-0.05, 0) is 6.07 Å². The average Bonchev–Trinajstić information content (AvgIpc) is 2.25. The van der Waals surface area contributed by atoms with Gasteiger partial charge in [-0.25, -0.2) is 0 Å². The lowest BCUT2D eigenvalue weighted by molar-refractivity contribution is -0.384. The van der Waals surface area contributed by atoms with Crippen LogP contribution in [0, 0.1) is 21.4 Å². The zero-order chi connectivity index (χ0) is 12.1. The third-order valence-electron chi connectivity index (χ3n) is 1.81. The zero-order valence-electron chi connectivity index (χ0n) is 8.24. The van der Waals surface area contributed by atoms with Crippen LogP contribution in [0.2, 0.25) is 0 Å². The summed E-state index contributed by atoms with van der Waals surface area (Å²) in [7, 11) is 0. The molecular weight excluding hydrogens is 274 g/mol. The monoisotopic (exact) mass is 281 g/mol. The molecule has 0 saturated carbocycles.